The first kappa shape index (κ1) is 18.0. The fourth-order valence-electron chi connectivity index (χ4n) is 2.03. The average Bonchev–Trinajstić information content (AvgIpc) is 2.40. The largest absolute Gasteiger partial charge is 0.486 e. The summed E-state index contributed by atoms with van der Waals surface area (Å²) in [6.07, 6.45) is 2.19. The van der Waals surface area contributed by atoms with Gasteiger partial charge in [0.25, 0.3) is 0 Å². The smallest absolute Gasteiger partial charge is 0.122 e. The van der Waals surface area contributed by atoms with Crippen molar-refractivity contribution in [3.05, 3.63) is 40.9 Å². The maximum absolute atomic E-state index is 6.14. The summed E-state index contributed by atoms with van der Waals surface area (Å²) in [7, 11) is 1.70. The van der Waals surface area contributed by atoms with E-state index in [1.165, 1.54) is 5.57 Å². The quantitative estimate of drug-likeness (QED) is 0.580. The van der Waals surface area contributed by atoms with Crippen molar-refractivity contribution in [2.75, 3.05) is 20.3 Å². The van der Waals surface area contributed by atoms with E-state index in [0.29, 0.717) is 11.6 Å². The average molecular weight is 312 g/mol. The van der Waals surface area contributed by atoms with Gasteiger partial charge >= 0.3 is 0 Å². The van der Waals surface area contributed by atoms with E-state index >= 15 is 0 Å². The minimum Gasteiger partial charge on any atom is -0.486 e. The molecule has 1 rings (SSSR count). The molecule has 0 saturated heterocycles. The lowest BCUT2D eigenvalue weighted by atomic mass is 9.96. The SMILES string of the molecule is COCCNC(C=C(C)C)C(C)(C)Oc1ccc(Cl)cc1. The third-order valence-corrected chi connectivity index (χ3v) is 3.37. The second-order valence-electron chi connectivity index (χ2n) is 5.83. The Hall–Kier alpha value is -1.03. The highest BCUT2D eigenvalue weighted by molar-refractivity contribution is 6.30. The zero-order valence-corrected chi connectivity index (χ0v) is 14.3. The first-order valence-corrected chi connectivity index (χ1v) is 7.55. The van der Waals surface area contributed by atoms with Crippen LogP contribution in [0.25, 0.3) is 0 Å². The van der Waals surface area contributed by atoms with E-state index in [-0.39, 0.29) is 6.04 Å². The Bertz CT molecular complexity index is 450. The van der Waals surface area contributed by atoms with Gasteiger partial charge in [-0.25, -0.2) is 0 Å². The van der Waals surface area contributed by atoms with Crippen molar-refractivity contribution in [2.45, 2.75) is 39.3 Å². The fraction of sp³-hybridized carbons (Fsp3) is 0.529. The van der Waals surface area contributed by atoms with E-state index in [0.717, 1.165) is 12.3 Å². The molecule has 0 spiro atoms. The van der Waals surface area contributed by atoms with Crippen LogP contribution in [0.5, 0.6) is 5.75 Å². The molecule has 21 heavy (non-hydrogen) atoms. The number of benzene rings is 1. The van der Waals surface area contributed by atoms with E-state index in [4.69, 9.17) is 21.1 Å². The highest BCUT2D eigenvalue weighted by Gasteiger charge is 2.29. The topological polar surface area (TPSA) is 30.5 Å². The number of hydrogen-bond acceptors (Lipinski definition) is 3. The molecule has 1 N–H and O–H groups in total. The van der Waals surface area contributed by atoms with Gasteiger partial charge in [-0.2, -0.15) is 0 Å². The van der Waals surface area contributed by atoms with Gasteiger partial charge in [-0.05, 0) is 52.0 Å². The third-order valence-electron chi connectivity index (χ3n) is 3.11. The standard InChI is InChI=1S/C17H26ClNO2/c1-13(2)12-16(19-10-11-20-5)17(3,4)21-15-8-6-14(18)7-9-15/h6-9,12,16,19H,10-11H2,1-5H3. The fourth-order valence-corrected chi connectivity index (χ4v) is 2.15. The molecule has 0 fully saturated rings. The van der Waals surface area contributed by atoms with Crippen molar-refractivity contribution < 1.29 is 9.47 Å². The normalized spacial score (nSPS) is 12.9. The summed E-state index contributed by atoms with van der Waals surface area (Å²) >= 11 is 5.91. The lowest BCUT2D eigenvalue weighted by Crippen LogP contribution is -2.50. The van der Waals surface area contributed by atoms with Crippen LogP contribution in [0.4, 0.5) is 0 Å². The van der Waals surface area contributed by atoms with Crippen LogP contribution in [0.1, 0.15) is 27.7 Å². The molecule has 0 bridgehead atoms. The molecule has 0 aliphatic carbocycles. The molecule has 0 aliphatic rings. The molecule has 4 heteroatoms. The van der Waals surface area contributed by atoms with Crippen LogP contribution >= 0.6 is 11.6 Å². The minimum atomic E-state index is -0.390. The summed E-state index contributed by atoms with van der Waals surface area (Å²) in [5.41, 5.74) is 0.858. The van der Waals surface area contributed by atoms with E-state index in [2.05, 4.69) is 39.1 Å². The molecule has 1 atom stereocenters. The molecule has 0 amide bonds. The maximum Gasteiger partial charge on any atom is 0.122 e. The predicted octanol–water partition coefficient (Wildman–Crippen LogP) is 4.07. The number of halogens is 1. The number of ether oxygens (including phenoxy) is 2. The number of hydrogen-bond donors (Lipinski definition) is 1. The molecule has 0 aliphatic heterocycles. The first-order valence-electron chi connectivity index (χ1n) is 7.17. The van der Waals surface area contributed by atoms with E-state index in [1.54, 1.807) is 7.11 Å². The van der Waals surface area contributed by atoms with Gasteiger partial charge in [-0.1, -0.05) is 23.3 Å². The molecule has 1 aromatic carbocycles. The molecule has 1 unspecified atom stereocenters. The Labute approximate surface area is 133 Å². The van der Waals surface area contributed by atoms with Crippen molar-refractivity contribution in [3.63, 3.8) is 0 Å². The molecule has 118 valence electrons. The van der Waals surface area contributed by atoms with Gasteiger partial charge in [0.1, 0.15) is 11.4 Å². The molecular weight excluding hydrogens is 286 g/mol. The molecule has 0 heterocycles. The second-order valence-corrected chi connectivity index (χ2v) is 6.26. The monoisotopic (exact) mass is 311 g/mol. The molecule has 1 aromatic rings. The van der Waals surface area contributed by atoms with E-state index < -0.39 is 5.60 Å². The molecule has 0 radical (unpaired) electrons. The first-order chi connectivity index (χ1) is 9.85. The minimum absolute atomic E-state index is 0.0910. The zero-order chi connectivity index (χ0) is 15.9. The van der Waals surface area contributed by atoms with Crippen LogP contribution in [-0.2, 0) is 4.74 Å². The Morgan fingerprint density at radius 2 is 1.90 bits per heavy atom. The Morgan fingerprint density at radius 1 is 1.29 bits per heavy atom. The lowest BCUT2D eigenvalue weighted by Gasteiger charge is -2.34. The van der Waals surface area contributed by atoms with Gasteiger partial charge in [-0.3, -0.25) is 0 Å². The highest BCUT2D eigenvalue weighted by atomic mass is 35.5. The van der Waals surface area contributed by atoms with Crippen LogP contribution < -0.4 is 10.1 Å². The van der Waals surface area contributed by atoms with Crippen molar-refractivity contribution >= 4 is 11.6 Å². The van der Waals surface area contributed by atoms with Crippen molar-refractivity contribution in [1.29, 1.82) is 0 Å². The number of rotatable bonds is 8. The number of nitrogens with one attached hydrogen (secondary N) is 1. The summed E-state index contributed by atoms with van der Waals surface area (Å²) in [5.74, 6) is 0.810. The van der Waals surface area contributed by atoms with Gasteiger partial charge in [0.05, 0.1) is 12.6 Å². The van der Waals surface area contributed by atoms with Gasteiger partial charge in [0.15, 0.2) is 0 Å². The van der Waals surface area contributed by atoms with Crippen LogP contribution in [0.15, 0.2) is 35.9 Å². The predicted molar refractivity (Wildman–Crippen MR) is 89.3 cm³/mol. The Morgan fingerprint density at radius 3 is 2.43 bits per heavy atom. The summed E-state index contributed by atoms with van der Waals surface area (Å²) in [6, 6.07) is 7.54. The van der Waals surface area contributed by atoms with Crippen LogP contribution in [0.2, 0.25) is 5.02 Å². The van der Waals surface area contributed by atoms with Crippen LogP contribution in [-0.4, -0.2) is 31.9 Å². The van der Waals surface area contributed by atoms with Crippen LogP contribution in [0, 0.1) is 0 Å². The van der Waals surface area contributed by atoms with Gasteiger partial charge < -0.3 is 14.8 Å². The van der Waals surface area contributed by atoms with Crippen molar-refractivity contribution in [3.8, 4) is 5.75 Å². The van der Waals surface area contributed by atoms with Gasteiger partial charge in [0, 0.05) is 18.7 Å². The lowest BCUT2D eigenvalue weighted by molar-refractivity contribution is 0.0775. The summed E-state index contributed by atoms with van der Waals surface area (Å²) in [4.78, 5) is 0. The summed E-state index contributed by atoms with van der Waals surface area (Å²) in [6.45, 7) is 9.77. The van der Waals surface area contributed by atoms with E-state index in [9.17, 15) is 0 Å². The van der Waals surface area contributed by atoms with Gasteiger partial charge in [0.2, 0.25) is 0 Å². The highest BCUT2D eigenvalue weighted by Crippen LogP contribution is 2.24. The van der Waals surface area contributed by atoms with Gasteiger partial charge in [-0.15, -0.1) is 0 Å². The second kappa shape index (κ2) is 8.42. The third kappa shape index (κ3) is 6.51. The Balaban J connectivity index is 2.81. The Kier molecular flexibility index (Phi) is 7.23. The number of allylic oxidation sites excluding steroid dienone is 1. The maximum atomic E-state index is 6.14. The molecule has 3 nitrogen and oxygen atoms in total. The number of methoxy groups -OCH3 is 1. The van der Waals surface area contributed by atoms with Crippen LogP contribution in [0.3, 0.4) is 0 Å². The summed E-state index contributed by atoms with van der Waals surface area (Å²) < 4.78 is 11.2. The van der Waals surface area contributed by atoms with Crippen molar-refractivity contribution in [1.82, 2.24) is 5.32 Å². The van der Waals surface area contributed by atoms with Crippen molar-refractivity contribution in [2.24, 2.45) is 0 Å². The molecule has 0 aromatic heterocycles. The molecular formula is C17H26ClNO2. The molecule has 0 saturated carbocycles. The zero-order valence-electron chi connectivity index (χ0n) is 13.6. The van der Waals surface area contributed by atoms with E-state index in [1.807, 2.05) is 24.3 Å². The summed E-state index contributed by atoms with van der Waals surface area (Å²) in [5, 5.41) is 4.18.